The van der Waals surface area contributed by atoms with E-state index in [4.69, 9.17) is 10.00 Å². The zero-order chi connectivity index (χ0) is 17.2. The second-order valence-electron chi connectivity index (χ2n) is 4.35. The summed E-state index contributed by atoms with van der Waals surface area (Å²) in [6.45, 7) is 3.22. The van der Waals surface area contributed by atoms with Crippen LogP contribution < -0.4 is 5.32 Å². The van der Waals surface area contributed by atoms with Crippen LogP contribution in [0.25, 0.3) is 0 Å². The van der Waals surface area contributed by atoms with Crippen molar-refractivity contribution in [3.63, 3.8) is 0 Å². The number of anilines is 1. The van der Waals surface area contributed by atoms with Crippen molar-refractivity contribution in [2.45, 2.75) is 20.0 Å². The van der Waals surface area contributed by atoms with Gasteiger partial charge in [0.25, 0.3) is 5.91 Å². The first-order valence-electron chi connectivity index (χ1n) is 6.82. The summed E-state index contributed by atoms with van der Waals surface area (Å²) < 4.78 is 9.47. The lowest BCUT2D eigenvalue weighted by molar-refractivity contribution is -0.148. The number of rotatable bonds is 6. The van der Waals surface area contributed by atoms with Gasteiger partial charge in [-0.3, -0.25) is 4.79 Å². The lowest BCUT2D eigenvalue weighted by atomic mass is 10.2. The van der Waals surface area contributed by atoms with Crippen LogP contribution >= 0.6 is 0 Å². The molecule has 0 saturated heterocycles. The Morgan fingerprint density at radius 2 is 2.00 bits per heavy atom. The first kappa shape index (κ1) is 17.9. The quantitative estimate of drug-likeness (QED) is 0.630. The smallest absolute Gasteiger partial charge is 0.331 e. The van der Waals surface area contributed by atoms with Gasteiger partial charge in [0, 0.05) is 17.8 Å². The third-order valence-corrected chi connectivity index (χ3v) is 2.56. The van der Waals surface area contributed by atoms with Gasteiger partial charge in [-0.15, -0.1) is 0 Å². The van der Waals surface area contributed by atoms with E-state index < -0.39 is 23.9 Å². The fourth-order valence-electron chi connectivity index (χ4n) is 1.50. The molecule has 0 unspecified atom stereocenters. The minimum Gasteiger partial charge on any atom is -0.463 e. The number of nitriles is 1. The van der Waals surface area contributed by atoms with E-state index in [1.165, 1.54) is 13.0 Å². The van der Waals surface area contributed by atoms with Gasteiger partial charge in [0.2, 0.25) is 0 Å². The molecule has 23 heavy (non-hydrogen) atoms. The fraction of sp³-hybridized carbons (Fsp3) is 0.250. The number of hydrogen-bond donors (Lipinski definition) is 1. The predicted octanol–water partition coefficient (Wildman–Crippen LogP) is 1.55. The fourth-order valence-corrected chi connectivity index (χ4v) is 1.50. The molecule has 0 heterocycles. The molecule has 0 spiro atoms. The number of carbonyl (C=O) groups is 3. The number of amides is 1. The van der Waals surface area contributed by atoms with Crippen LogP contribution in [0.3, 0.4) is 0 Å². The molecule has 7 nitrogen and oxygen atoms in total. The van der Waals surface area contributed by atoms with Gasteiger partial charge in [-0.1, -0.05) is 6.07 Å². The van der Waals surface area contributed by atoms with E-state index in [9.17, 15) is 14.4 Å². The second-order valence-corrected chi connectivity index (χ2v) is 4.35. The van der Waals surface area contributed by atoms with Crippen molar-refractivity contribution in [1.29, 1.82) is 5.26 Å². The number of nitrogens with zero attached hydrogens (tertiary/aromatic N) is 1. The normalized spacial score (nSPS) is 11.3. The number of benzene rings is 1. The highest BCUT2D eigenvalue weighted by Gasteiger charge is 2.17. The van der Waals surface area contributed by atoms with E-state index >= 15 is 0 Å². The van der Waals surface area contributed by atoms with Crippen LogP contribution in [0.1, 0.15) is 19.4 Å². The summed E-state index contributed by atoms with van der Waals surface area (Å²) >= 11 is 0. The van der Waals surface area contributed by atoms with Crippen LogP contribution in [0.15, 0.2) is 36.4 Å². The van der Waals surface area contributed by atoms with E-state index in [1.807, 2.05) is 6.07 Å². The average molecular weight is 316 g/mol. The Hall–Kier alpha value is -3.14. The Labute approximate surface area is 133 Å². The Kier molecular flexibility index (Phi) is 7.01. The van der Waals surface area contributed by atoms with Gasteiger partial charge in [0.15, 0.2) is 6.10 Å². The summed E-state index contributed by atoms with van der Waals surface area (Å²) in [4.78, 5) is 34.4. The van der Waals surface area contributed by atoms with Crippen molar-refractivity contribution < 1.29 is 23.9 Å². The molecule has 0 radical (unpaired) electrons. The highest BCUT2D eigenvalue weighted by atomic mass is 16.5. The molecule has 1 aromatic rings. The summed E-state index contributed by atoms with van der Waals surface area (Å²) in [5.74, 6) is -2.07. The third-order valence-electron chi connectivity index (χ3n) is 2.56. The van der Waals surface area contributed by atoms with E-state index in [-0.39, 0.29) is 6.61 Å². The molecule has 0 aliphatic heterocycles. The van der Waals surface area contributed by atoms with Gasteiger partial charge < -0.3 is 14.8 Å². The van der Waals surface area contributed by atoms with Gasteiger partial charge in [-0.05, 0) is 32.0 Å². The van der Waals surface area contributed by atoms with Crippen molar-refractivity contribution in [1.82, 2.24) is 0 Å². The zero-order valence-corrected chi connectivity index (χ0v) is 12.7. The summed E-state index contributed by atoms with van der Waals surface area (Å²) in [7, 11) is 0. The van der Waals surface area contributed by atoms with Crippen LogP contribution in [0, 0.1) is 11.3 Å². The number of hydrogen-bond acceptors (Lipinski definition) is 6. The van der Waals surface area contributed by atoms with Crippen LogP contribution in [0.5, 0.6) is 0 Å². The molecule has 0 aromatic heterocycles. The Morgan fingerprint density at radius 3 is 2.65 bits per heavy atom. The molecule has 1 atom stereocenters. The second kappa shape index (κ2) is 9.00. The molecular weight excluding hydrogens is 300 g/mol. The Balaban J connectivity index is 2.55. The van der Waals surface area contributed by atoms with E-state index in [1.54, 1.807) is 25.1 Å². The van der Waals surface area contributed by atoms with E-state index in [0.29, 0.717) is 11.3 Å². The van der Waals surface area contributed by atoms with Crippen LogP contribution in [-0.4, -0.2) is 30.6 Å². The largest absolute Gasteiger partial charge is 0.463 e. The topological polar surface area (TPSA) is 105 Å². The van der Waals surface area contributed by atoms with Gasteiger partial charge in [0.1, 0.15) is 0 Å². The molecule has 0 saturated carbocycles. The summed E-state index contributed by atoms with van der Waals surface area (Å²) in [5, 5.41) is 11.3. The summed E-state index contributed by atoms with van der Waals surface area (Å²) in [6, 6.07) is 8.26. The number of carbonyl (C=O) groups excluding carboxylic acids is 3. The van der Waals surface area contributed by atoms with E-state index in [2.05, 4.69) is 10.1 Å². The average Bonchev–Trinajstić information content (AvgIpc) is 2.53. The number of ether oxygens (including phenoxy) is 2. The molecule has 0 aliphatic rings. The van der Waals surface area contributed by atoms with Gasteiger partial charge in [-0.2, -0.15) is 5.26 Å². The molecule has 1 rings (SSSR count). The highest BCUT2D eigenvalue weighted by Crippen LogP contribution is 2.10. The molecule has 7 heteroatoms. The van der Waals surface area contributed by atoms with Crippen molar-refractivity contribution in [2.75, 3.05) is 11.9 Å². The molecule has 0 bridgehead atoms. The Bertz CT molecular complexity index is 661. The standard InChI is InChI=1S/C16H16N2O5/c1-3-22-14(19)7-8-15(20)23-11(2)16(21)18-13-6-4-5-12(9-13)10-17/h4-9,11H,3H2,1-2H3,(H,18,21)/b8-7+/t11-/m1/s1. The first-order valence-corrected chi connectivity index (χ1v) is 6.82. The molecule has 1 amide bonds. The SMILES string of the molecule is CCOC(=O)/C=C/C(=O)O[C@H](C)C(=O)Nc1cccc(C#N)c1. The van der Waals surface area contributed by atoms with E-state index in [0.717, 1.165) is 12.2 Å². The molecule has 1 aromatic carbocycles. The molecule has 0 fully saturated rings. The van der Waals surface area contributed by atoms with Crippen LogP contribution in [-0.2, 0) is 23.9 Å². The number of nitrogens with one attached hydrogen (secondary N) is 1. The highest BCUT2D eigenvalue weighted by molar-refractivity contribution is 5.97. The van der Waals surface area contributed by atoms with Crippen LogP contribution in [0.2, 0.25) is 0 Å². The lowest BCUT2D eigenvalue weighted by Crippen LogP contribution is -2.29. The molecular formula is C16H16N2O5. The summed E-state index contributed by atoms with van der Waals surface area (Å²) in [5.41, 5.74) is 0.809. The maximum Gasteiger partial charge on any atom is 0.331 e. The summed E-state index contributed by atoms with van der Waals surface area (Å²) in [6.07, 6.45) is 0.741. The first-order chi connectivity index (χ1) is 11.0. The third kappa shape index (κ3) is 6.44. The zero-order valence-electron chi connectivity index (χ0n) is 12.7. The lowest BCUT2D eigenvalue weighted by Gasteiger charge is -2.12. The monoisotopic (exact) mass is 316 g/mol. The minimum atomic E-state index is -1.07. The van der Waals surface area contributed by atoms with Gasteiger partial charge in [-0.25, -0.2) is 9.59 Å². The van der Waals surface area contributed by atoms with Crippen molar-refractivity contribution >= 4 is 23.5 Å². The maximum absolute atomic E-state index is 11.9. The molecule has 1 N–H and O–H groups in total. The van der Waals surface area contributed by atoms with Crippen LogP contribution in [0.4, 0.5) is 5.69 Å². The number of esters is 2. The van der Waals surface area contributed by atoms with Crippen molar-refractivity contribution in [3.05, 3.63) is 42.0 Å². The molecule has 0 aliphatic carbocycles. The predicted molar refractivity (Wildman–Crippen MR) is 81.1 cm³/mol. The van der Waals surface area contributed by atoms with Crippen molar-refractivity contribution in [3.8, 4) is 6.07 Å². The Morgan fingerprint density at radius 1 is 1.30 bits per heavy atom. The van der Waals surface area contributed by atoms with Crippen molar-refractivity contribution in [2.24, 2.45) is 0 Å². The van der Waals surface area contributed by atoms with Gasteiger partial charge >= 0.3 is 11.9 Å². The minimum absolute atomic E-state index is 0.193. The maximum atomic E-state index is 11.9. The van der Waals surface area contributed by atoms with Gasteiger partial charge in [0.05, 0.1) is 18.2 Å². The molecule has 120 valence electrons.